The van der Waals surface area contributed by atoms with Crippen LogP contribution in [0.25, 0.3) is 0 Å². The first-order valence-corrected chi connectivity index (χ1v) is 7.66. The Morgan fingerprint density at radius 3 is 2.33 bits per heavy atom. The Bertz CT molecular complexity index is 356. The molecule has 1 unspecified atom stereocenters. The smallest absolute Gasteiger partial charge is 0.322 e. The Hall–Kier alpha value is -0.660. The lowest BCUT2D eigenvalue weighted by Crippen LogP contribution is -2.50. The van der Waals surface area contributed by atoms with Gasteiger partial charge in [0.15, 0.2) is 0 Å². The summed E-state index contributed by atoms with van der Waals surface area (Å²) in [5, 5.41) is 9.05. The molecule has 0 aliphatic rings. The molecule has 0 rings (SSSR count). The first-order valence-electron chi connectivity index (χ1n) is 6.22. The molecule has 18 heavy (non-hydrogen) atoms. The van der Waals surface area contributed by atoms with E-state index in [1.54, 1.807) is 6.92 Å². The van der Waals surface area contributed by atoms with Gasteiger partial charge in [0.05, 0.1) is 0 Å². The zero-order chi connectivity index (χ0) is 14.3. The number of rotatable bonds is 9. The van der Waals surface area contributed by atoms with Gasteiger partial charge in [-0.25, -0.2) is 0 Å². The molecule has 0 radical (unpaired) electrons. The lowest BCUT2D eigenvalue weighted by Gasteiger charge is -2.24. The summed E-state index contributed by atoms with van der Waals surface area (Å²) in [5.41, 5.74) is 0. The third-order valence-electron chi connectivity index (χ3n) is 2.99. The minimum absolute atomic E-state index is 0.253. The van der Waals surface area contributed by atoms with E-state index in [1.165, 1.54) is 7.05 Å². The molecule has 0 spiro atoms. The Morgan fingerprint density at radius 2 is 1.94 bits per heavy atom. The van der Waals surface area contributed by atoms with Crippen molar-refractivity contribution in [2.24, 2.45) is 5.92 Å². The number of nitrogens with one attached hydrogen (secondary N) is 1. The van der Waals surface area contributed by atoms with Crippen molar-refractivity contribution >= 4 is 16.2 Å². The van der Waals surface area contributed by atoms with Crippen LogP contribution < -0.4 is 4.72 Å². The van der Waals surface area contributed by atoms with Gasteiger partial charge in [0.25, 0.3) is 10.2 Å². The normalized spacial score (nSPS) is 15.6. The number of nitrogens with zero attached hydrogens (tertiary/aromatic N) is 1. The minimum Gasteiger partial charge on any atom is -0.480 e. The summed E-state index contributed by atoms with van der Waals surface area (Å²) in [6, 6.07) is -1.08. The third-order valence-corrected chi connectivity index (χ3v) is 4.55. The largest absolute Gasteiger partial charge is 0.480 e. The molecule has 0 saturated carbocycles. The monoisotopic (exact) mass is 280 g/mol. The molecule has 2 N–H and O–H groups in total. The zero-order valence-corrected chi connectivity index (χ0v) is 12.3. The topological polar surface area (TPSA) is 86.7 Å². The number of aliphatic carboxylic acids is 1. The number of unbranched alkanes of at least 4 members (excludes halogenated alkanes) is 1. The summed E-state index contributed by atoms with van der Waals surface area (Å²) in [5.74, 6) is -1.39. The van der Waals surface area contributed by atoms with Crippen LogP contribution in [0.5, 0.6) is 0 Å². The van der Waals surface area contributed by atoms with E-state index >= 15 is 0 Å². The summed E-state index contributed by atoms with van der Waals surface area (Å²) >= 11 is 0. The highest BCUT2D eigenvalue weighted by molar-refractivity contribution is 7.87. The second-order valence-corrected chi connectivity index (χ2v) is 6.31. The summed E-state index contributed by atoms with van der Waals surface area (Å²) in [7, 11) is -2.28. The first-order chi connectivity index (χ1) is 8.26. The van der Waals surface area contributed by atoms with E-state index in [9.17, 15) is 13.2 Å². The number of carboxylic acids is 1. The second-order valence-electron chi connectivity index (χ2n) is 4.50. The SMILES string of the molecule is CCCCN(C)S(=O)(=O)N[C@H](C(=O)O)C(C)CC. The van der Waals surface area contributed by atoms with Crippen molar-refractivity contribution in [2.45, 2.75) is 46.1 Å². The second kappa shape index (κ2) is 7.70. The van der Waals surface area contributed by atoms with Crippen LogP contribution in [0.1, 0.15) is 40.0 Å². The van der Waals surface area contributed by atoms with Gasteiger partial charge in [-0.05, 0) is 12.3 Å². The van der Waals surface area contributed by atoms with Gasteiger partial charge in [-0.3, -0.25) is 4.79 Å². The Labute approximate surface area is 110 Å². The van der Waals surface area contributed by atoms with Crippen molar-refractivity contribution < 1.29 is 18.3 Å². The van der Waals surface area contributed by atoms with Crippen LogP contribution in [0.4, 0.5) is 0 Å². The van der Waals surface area contributed by atoms with Gasteiger partial charge in [-0.15, -0.1) is 0 Å². The molecule has 0 bridgehead atoms. The van der Waals surface area contributed by atoms with Crippen LogP contribution in [0.3, 0.4) is 0 Å². The van der Waals surface area contributed by atoms with Crippen molar-refractivity contribution in [3.8, 4) is 0 Å². The average molecular weight is 280 g/mol. The highest BCUT2D eigenvalue weighted by Gasteiger charge is 2.30. The van der Waals surface area contributed by atoms with Crippen LogP contribution >= 0.6 is 0 Å². The Balaban J connectivity index is 4.75. The van der Waals surface area contributed by atoms with Gasteiger partial charge in [0.2, 0.25) is 0 Å². The molecule has 0 aliphatic carbocycles. The fourth-order valence-corrected chi connectivity index (χ4v) is 2.60. The lowest BCUT2D eigenvalue weighted by atomic mass is 10.0. The molecule has 0 aromatic heterocycles. The number of hydrogen-bond acceptors (Lipinski definition) is 3. The van der Waals surface area contributed by atoms with E-state index in [-0.39, 0.29) is 5.92 Å². The van der Waals surface area contributed by atoms with Crippen LogP contribution in [0.15, 0.2) is 0 Å². The predicted molar refractivity (Wildman–Crippen MR) is 70.5 cm³/mol. The molecule has 0 saturated heterocycles. The van der Waals surface area contributed by atoms with E-state index in [4.69, 9.17) is 5.11 Å². The molecular formula is C11H24N2O4S. The van der Waals surface area contributed by atoms with Gasteiger partial charge >= 0.3 is 5.97 Å². The standard InChI is InChI=1S/C11H24N2O4S/c1-5-7-8-13(4)18(16,17)12-10(11(14)15)9(3)6-2/h9-10,12H,5-8H2,1-4H3,(H,14,15)/t9?,10-/m0/s1. The fraction of sp³-hybridized carbons (Fsp3) is 0.909. The fourth-order valence-electron chi connectivity index (χ4n) is 1.40. The lowest BCUT2D eigenvalue weighted by molar-refractivity contribution is -0.140. The van der Waals surface area contributed by atoms with Gasteiger partial charge in [0.1, 0.15) is 6.04 Å². The number of hydrogen-bond donors (Lipinski definition) is 2. The summed E-state index contributed by atoms with van der Waals surface area (Å²) in [6.07, 6.45) is 2.23. The van der Waals surface area contributed by atoms with E-state index < -0.39 is 22.2 Å². The third kappa shape index (κ3) is 5.32. The zero-order valence-electron chi connectivity index (χ0n) is 11.5. The van der Waals surface area contributed by atoms with E-state index in [0.29, 0.717) is 13.0 Å². The van der Waals surface area contributed by atoms with E-state index in [1.807, 2.05) is 13.8 Å². The van der Waals surface area contributed by atoms with Crippen molar-refractivity contribution in [1.82, 2.24) is 9.03 Å². The van der Waals surface area contributed by atoms with E-state index in [0.717, 1.165) is 17.1 Å². The van der Waals surface area contributed by atoms with Gasteiger partial charge in [-0.2, -0.15) is 17.4 Å². The quantitative estimate of drug-likeness (QED) is 0.661. The molecule has 108 valence electrons. The summed E-state index contributed by atoms with van der Waals surface area (Å²) < 4.78 is 27.3. The highest BCUT2D eigenvalue weighted by atomic mass is 32.2. The molecule has 2 atom stereocenters. The molecule has 7 heteroatoms. The van der Waals surface area contributed by atoms with Crippen molar-refractivity contribution in [3.63, 3.8) is 0 Å². The van der Waals surface area contributed by atoms with Crippen molar-refractivity contribution in [2.75, 3.05) is 13.6 Å². The van der Waals surface area contributed by atoms with Crippen LogP contribution in [-0.4, -0.2) is 43.4 Å². The first kappa shape index (κ1) is 17.3. The van der Waals surface area contributed by atoms with Crippen LogP contribution in [0.2, 0.25) is 0 Å². The van der Waals surface area contributed by atoms with Gasteiger partial charge in [0, 0.05) is 13.6 Å². The maximum atomic E-state index is 11.9. The van der Waals surface area contributed by atoms with Crippen LogP contribution in [0, 0.1) is 5.92 Å². The average Bonchev–Trinajstić information content (AvgIpc) is 2.31. The highest BCUT2D eigenvalue weighted by Crippen LogP contribution is 2.10. The molecule has 0 heterocycles. The number of carbonyl (C=O) groups is 1. The summed E-state index contributed by atoms with van der Waals surface area (Å²) in [6.45, 7) is 5.90. The van der Waals surface area contributed by atoms with E-state index in [2.05, 4.69) is 4.72 Å². The summed E-state index contributed by atoms with van der Waals surface area (Å²) in [4.78, 5) is 11.1. The molecule has 0 fully saturated rings. The molecule has 6 nitrogen and oxygen atoms in total. The van der Waals surface area contributed by atoms with Crippen LogP contribution in [-0.2, 0) is 15.0 Å². The Morgan fingerprint density at radius 1 is 1.39 bits per heavy atom. The maximum Gasteiger partial charge on any atom is 0.322 e. The Kier molecular flexibility index (Phi) is 7.42. The molecule has 0 aromatic rings. The minimum atomic E-state index is -3.73. The number of carboxylic acid groups (broad SMARTS) is 1. The van der Waals surface area contributed by atoms with Crippen molar-refractivity contribution in [3.05, 3.63) is 0 Å². The van der Waals surface area contributed by atoms with Crippen molar-refractivity contribution in [1.29, 1.82) is 0 Å². The molecule has 0 aliphatic heterocycles. The predicted octanol–water partition coefficient (Wildman–Crippen LogP) is 1.05. The van der Waals surface area contributed by atoms with Gasteiger partial charge < -0.3 is 5.11 Å². The maximum absolute atomic E-state index is 11.9. The van der Waals surface area contributed by atoms with Gasteiger partial charge in [-0.1, -0.05) is 33.6 Å². The molecular weight excluding hydrogens is 256 g/mol. The molecule has 0 amide bonds. The molecule has 0 aromatic carbocycles.